The molecule has 126 valence electrons. The summed E-state index contributed by atoms with van der Waals surface area (Å²) >= 11 is 0. The zero-order valence-electron chi connectivity index (χ0n) is 8.81. The van der Waals surface area contributed by atoms with Gasteiger partial charge in [-0.2, -0.15) is 0 Å². The summed E-state index contributed by atoms with van der Waals surface area (Å²) in [5.41, 5.74) is 3.81. The van der Waals surface area contributed by atoms with Gasteiger partial charge in [0.05, 0.1) is 0 Å². The number of aromatic nitrogens is 1. The van der Waals surface area contributed by atoms with Crippen LogP contribution < -0.4 is 0 Å². The van der Waals surface area contributed by atoms with Crippen LogP contribution >= 0.6 is 0 Å². The van der Waals surface area contributed by atoms with Crippen LogP contribution in [-0.4, -0.2) is 4.98 Å². The van der Waals surface area contributed by atoms with Gasteiger partial charge < -0.3 is 4.98 Å². The van der Waals surface area contributed by atoms with Gasteiger partial charge in [0.15, 0.2) is 0 Å². The number of aromatic amines is 1. The van der Waals surface area contributed by atoms with Crippen LogP contribution in [0.25, 0.3) is 10.9 Å². The lowest BCUT2D eigenvalue weighted by Crippen LogP contribution is -1.71. The maximum atomic E-state index is 3.30. The molecule has 1 aromatic carbocycles. The molecule has 0 aliphatic rings. The van der Waals surface area contributed by atoms with Crippen LogP contribution in [0.5, 0.6) is 0 Å². The number of fused-ring (bicyclic) bond motifs is 1. The van der Waals surface area contributed by atoms with Crippen LogP contribution in [0.15, 0.2) is 24.3 Å². The maximum absolute atomic E-state index is 3.30. The third-order valence-corrected chi connectivity index (χ3v) is 2.02. The van der Waals surface area contributed by atoms with E-state index in [1.54, 1.807) is 0 Å². The molecule has 0 radical (unpaired) electrons. The van der Waals surface area contributed by atoms with Crippen LogP contribution in [0.1, 0.15) is 77.1 Å². The standard InChI is InChI=1S/C10H11N.C2H6.7CH4/c1-7-4-3-5-10-9(7)6-8(2)11-10;1-2;;;;;;;/h3-6,11H,1-2H3;1-2H3;7*1H4. The summed E-state index contributed by atoms with van der Waals surface area (Å²) in [4.78, 5) is 3.30. The van der Waals surface area contributed by atoms with Crippen molar-refractivity contribution < 1.29 is 0 Å². The first-order chi connectivity index (χ1) is 6.27. The topological polar surface area (TPSA) is 15.8 Å². The molecule has 2 aromatic rings. The van der Waals surface area contributed by atoms with E-state index >= 15 is 0 Å². The minimum absolute atomic E-state index is 0. The molecule has 0 saturated heterocycles. The Labute approximate surface area is 131 Å². The van der Waals surface area contributed by atoms with Crippen LogP contribution in [0, 0.1) is 13.8 Å². The van der Waals surface area contributed by atoms with Gasteiger partial charge in [0.2, 0.25) is 0 Å². The third-order valence-electron chi connectivity index (χ3n) is 2.02. The summed E-state index contributed by atoms with van der Waals surface area (Å²) in [5, 5.41) is 1.34. The largest absolute Gasteiger partial charge is 0.359 e. The van der Waals surface area contributed by atoms with Gasteiger partial charge >= 0.3 is 0 Å². The summed E-state index contributed by atoms with van der Waals surface area (Å²) in [6, 6.07) is 8.50. The molecule has 0 spiro atoms. The molecule has 0 atom stereocenters. The Bertz CT molecular complexity index is 386. The summed E-state index contributed by atoms with van der Waals surface area (Å²) in [6.45, 7) is 8.22. The Kier molecular flexibility index (Phi) is 43.0. The molecule has 0 aliphatic carbocycles. The first-order valence-corrected chi connectivity index (χ1v) is 4.82. The van der Waals surface area contributed by atoms with E-state index in [1.165, 1.54) is 22.2 Å². The van der Waals surface area contributed by atoms with Gasteiger partial charge in [0, 0.05) is 16.6 Å². The fourth-order valence-corrected chi connectivity index (χ4v) is 1.45. The minimum Gasteiger partial charge on any atom is -0.359 e. The van der Waals surface area contributed by atoms with Crippen LogP contribution in [0.4, 0.5) is 0 Å². The maximum Gasteiger partial charge on any atom is 0.0458 e. The molecule has 2 rings (SSSR count). The molecular formula is C19H45N. The summed E-state index contributed by atoms with van der Waals surface area (Å²) in [5.74, 6) is 0. The fourth-order valence-electron chi connectivity index (χ4n) is 1.45. The van der Waals surface area contributed by atoms with E-state index in [1.807, 2.05) is 13.8 Å². The lowest BCUT2D eigenvalue weighted by molar-refractivity contribution is 1.30. The van der Waals surface area contributed by atoms with Crippen molar-refractivity contribution in [2.24, 2.45) is 0 Å². The molecule has 1 nitrogen and oxygen atoms in total. The van der Waals surface area contributed by atoms with E-state index in [0.29, 0.717) is 0 Å². The number of rotatable bonds is 0. The number of hydrogen-bond acceptors (Lipinski definition) is 0. The molecule has 0 bridgehead atoms. The zero-order chi connectivity index (χ0) is 9.84. The quantitative estimate of drug-likeness (QED) is 0.502. The van der Waals surface area contributed by atoms with Crippen LogP contribution in [0.2, 0.25) is 0 Å². The van der Waals surface area contributed by atoms with Crippen molar-refractivity contribution in [1.29, 1.82) is 0 Å². The van der Waals surface area contributed by atoms with Gasteiger partial charge in [0.1, 0.15) is 0 Å². The molecule has 1 heteroatoms. The highest BCUT2D eigenvalue weighted by Gasteiger charge is 1.97. The number of aryl methyl sites for hydroxylation is 2. The van der Waals surface area contributed by atoms with E-state index in [-0.39, 0.29) is 52.0 Å². The highest BCUT2D eigenvalue weighted by molar-refractivity contribution is 5.83. The summed E-state index contributed by atoms with van der Waals surface area (Å²) < 4.78 is 0. The SMILES string of the molecule is C.C.C.C.C.C.C.CC.Cc1cc2c(C)cccc2[nH]1. The Hall–Kier alpha value is -1.24. The van der Waals surface area contributed by atoms with Crippen molar-refractivity contribution in [3.8, 4) is 0 Å². The summed E-state index contributed by atoms with van der Waals surface area (Å²) in [6.07, 6.45) is 0. The van der Waals surface area contributed by atoms with E-state index in [9.17, 15) is 0 Å². The molecule has 0 unspecified atom stereocenters. The molecule has 0 amide bonds. The number of H-pyrrole nitrogens is 1. The molecule has 1 aromatic heterocycles. The van der Waals surface area contributed by atoms with Gasteiger partial charge in [-0.25, -0.2) is 0 Å². The van der Waals surface area contributed by atoms with Crippen molar-refractivity contribution in [2.75, 3.05) is 0 Å². The van der Waals surface area contributed by atoms with Gasteiger partial charge in [0.25, 0.3) is 0 Å². The Morgan fingerprint density at radius 3 is 1.60 bits per heavy atom. The average Bonchev–Trinajstić information content (AvgIpc) is 2.51. The van der Waals surface area contributed by atoms with Gasteiger partial charge in [-0.3, -0.25) is 0 Å². The normalized spacial score (nSPS) is 6.20. The minimum atomic E-state index is 0. The van der Waals surface area contributed by atoms with Gasteiger partial charge in [-0.15, -0.1) is 0 Å². The van der Waals surface area contributed by atoms with E-state index in [4.69, 9.17) is 0 Å². The molecule has 0 saturated carbocycles. The molecule has 1 heterocycles. The third kappa shape index (κ3) is 9.66. The lowest BCUT2D eigenvalue weighted by atomic mass is 10.1. The second-order valence-corrected chi connectivity index (χ2v) is 2.99. The second kappa shape index (κ2) is 20.1. The number of benzene rings is 1. The van der Waals surface area contributed by atoms with E-state index in [0.717, 1.165) is 0 Å². The Morgan fingerprint density at radius 1 is 0.750 bits per heavy atom. The zero-order valence-corrected chi connectivity index (χ0v) is 8.81. The summed E-state index contributed by atoms with van der Waals surface area (Å²) in [7, 11) is 0. The monoisotopic (exact) mass is 287 g/mol. The molecule has 0 fully saturated rings. The van der Waals surface area contributed by atoms with Gasteiger partial charge in [-0.1, -0.05) is 78.0 Å². The lowest BCUT2D eigenvalue weighted by Gasteiger charge is -1.92. The molecule has 0 aliphatic heterocycles. The second-order valence-electron chi connectivity index (χ2n) is 2.99. The molecule has 20 heavy (non-hydrogen) atoms. The highest BCUT2D eigenvalue weighted by Crippen LogP contribution is 2.18. The average molecular weight is 288 g/mol. The predicted molar refractivity (Wildman–Crippen MR) is 106 cm³/mol. The van der Waals surface area contributed by atoms with Crippen molar-refractivity contribution in [1.82, 2.24) is 4.98 Å². The number of hydrogen-bond donors (Lipinski definition) is 1. The fraction of sp³-hybridized carbons (Fsp3) is 0.579. The molecule has 1 N–H and O–H groups in total. The molecular weight excluding hydrogens is 242 g/mol. The van der Waals surface area contributed by atoms with Crippen LogP contribution in [0.3, 0.4) is 0 Å². The van der Waals surface area contributed by atoms with Crippen molar-refractivity contribution in [3.05, 3.63) is 35.5 Å². The first kappa shape index (κ1) is 42.8. The van der Waals surface area contributed by atoms with Crippen molar-refractivity contribution in [2.45, 2.75) is 79.7 Å². The highest BCUT2D eigenvalue weighted by atomic mass is 14.7. The van der Waals surface area contributed by atoms with Crippen LogP contribution in [-0.2, 0) is 0 Å². The number of nitrogens with one attached hydrogen (secondary N) is 1. The van der Waals surface area contributed by atoms with Crippen molar-refractivity contribution in [3.63, 3.8) is 0 Å². The first-order valence-electron chi connectivity index (χ1n) is 4.82. The Morgan fingerprint density at radius 2 is 1.20 bits per heavy atom. The van der Waals surface area contributed by atoms with E-state index < -0.39 is 0 Å². The van der Waals surface area contributed by atoms with E-state index in [2.05, 4.69) is 43.1 Å². The Balaban J connectivity index is -0.0000000361. The van der Waals surface area contributed by atoms with Crippen molar-refractivity contribution >= 4 is 10.9 Å². The smallest absolute Gasteiger partial charge is 0.0458 e. The van der Waals surface area contributed by atoms with Gasteiger partial charge in [-0.05, 0) is 31.5 Å². The predicted octanol–water partition coefficient (Wildman–Crippen LogP) is 8.26.